The zero-order chi connectivity index (χ0) is 22.3. The highest BCUT2D eigenvalue weighted by atomic mass is 16.4. The molecule has 0 aromatic rings. The predicted octanol–water partition coefficient (Wildman–Crippen LogP) is 1.22. The van der Waals surface area contributed by atoms with Gasteiger partial charge in [0.2, 0.25) is 23.6 Å². The second kappa shape index (κ2) is 6.86. The topological polar surface area (TPSA) is 112 Å². The Bertz CT molecular complexity index is 940. The minimum absolute atomic E-state index is 0.0392. The Morgan fingerprint density at radius 2 is 1.22 bits per heavy atom. The molecule has 0 spiro atoms. The number of carbonyl (C=O) groups is 5. The van der Waals surface area contributed by atoms with Gasteiger partial charge in [0.1, 0.15) is 6.04 Å². The SMILES string of the molecule is O=C(O)[C@H](CCCCN1C(=O)[C@H]2[C@H](C1=O)[C@@H]1C=C[C@@H]2C1)N1C(=O)[C@@H]2[C@H](C1=O)[C@H]1C=C[C@H]2C1. The largest absolute Gasteiger partial charge is 0.480 e. The molecule has 4 fully saturated rings. The van der Waals surface area contributed by atoms with Crippen molar-refractivity contribution in [1.29, 1.82) is 0 Å². The molecule has 8 heteroatoms. The molecule has 168 valence electrons. The van der Waals surface area contributed by atoms with E-state index >= 15 is 0 Å². The number of hydrogen-bond donors (Lipinski definition) is 1. The molecule has 2 saturated heterocycles. The number of allylic oxidation sites excluding steroid dienone is 4. The number of likely N-dealkylation sites (tertiary alicyclic amines) is 2. The summed E-state index contributed by atoms with van der Waals surface area (Å²) in [5, 5.41) is 9.76. The van der Waals surface area contributed by atoms with Crippen LogP contribution < -0.4 is 0 Å². The standard InChI is InChI=1S/C24H26N2O6/c27-20-16-11-4-5-12(9-11)17(16)21(28)25(20)8-2-1-3-15(24(31)32)26-22(29)18-13-6-7-14(10-13)19(18)23(26)30/h4-7,11-19H,1-3,8-10H2,(H,31,32)/t11-,12-,13+,14+,15+,16-,17-,18-,19+/m1/s1. The van der Waals surface area contributed by atoms with Crippen LogP contribution in [-0.2, 0) is 24.0 Å². The molecule has 8 nitrogen and oxygen atoms in total. The van der Waals surface area contributed by atoms with Crippen molar-refractivity contribution in [1.82, 2.24) is 9.80 Å². The second-order valence-electron chi connectivity index (χ2n) is 10.2. The van der Waals surface area contributed by atoms with Crippen molar-refractivity contribution < 1.29 is 29.1 Å². The smallest absolute Gasteiger partial charge is 0.326 e. The van der Waals surface area contributed by atoms with Gasteiger partial charge in [-0.3, -0.25) is 29.0 Å². The van der Waals surface area contributed by atoms with Gasteiger partial charge in [-0.15, -0.1) is 0 Å². The molecule has 2 aliphatic heterocycles. The van der Waals surface area contributed by atoms with Crippen molar-refractivity contribution in [3.8, 4) is 0 Å². The van der Waals surface area contributed by atoms with Crippen molar-refractivity contribution in [3.05, 3.63) is 24.3 Å². The molecule has 4 bridgehead atoms. The average molecular weight is 438 g/mol. The lowest BCUT2D eigenvalue weighted by molar-refractivity contribution is -0.155. The summed E-state index contributed by atoms with van der Waals surface area (Å²) in [5.74, 6) is -2.98. The summed E-state index contributed by atoms with van der Waals surface area (Å²) in [5.41, 5.74) is 0. The normalized spacial score (nSPS) is 41.4. The van der Waals surface area contributed by atoms with E-state index in [-0.39, 0.29) is 72.1 Å². The molecule has 4 amide bonds. The average Bonchev–Trinajstić information content (AvgIpc) is 3.58. The van der Waals surface area contributed by atoms with Crippen molar-refractivity contribution in [2.24, 2.45) is 47.3 Å². The van der Waals surface area contributed by atoms with Gasteiger partial charge in [-0.2, -0.15) is 0 Å². The fraction of sp³-hybridized carbons (Fsp3) is 0.625. The number of amides is 4. The molecular formula is C24H26N2O6. The highest BCUT2D eigenvalue weighted by molar-refractivity contribution is 6.09. The van der Waals surface area contributed by atoms with E-state index in [2.05, 4.69) is 12.2 Å². The number of hydrogen-bond acceptors (Lipinski definition) is 5. The summed E-state index contributed by atoms with van der Waals surface area (Å²) in [7, 11) is 0. The second-order valence-corrected chi connectivity index (χ2v) is 10.2. The molecule has 6 rings (SSSR count). The summed E-state index contributed by atoms with van der Waals surface area (Å²) >= 11 is 0. The van der Waals surface area contributed by atoms with Crippen LogP contribution >= 0.6 is 0 Å². The maximum absolute atomic E-state index is 12.9. The number of carboxylic acids is 1. The Hall–Kier alpha value is -2.77. The first-order valence-corrected chi connectivity index (χ1v) is 11.7. The Morgan fingerprint density at radius 3 is 1.66 bits per heavy atom. The van der Waals surface area contributed by atoms with E-state index in [1.165, 1.54) is 4.90 Å². The van der Waals surface area contributed by atoms with Crippen molar-refractivity contribution in [2.75, 3.05) is 6.54 Å². The number of imide groups is 2. The summed E-state index contributed by atoms with van der Waals surface area (Å²) in [4.78, 5) is 65.7. The Kier molecular flexibility index (Phi) is 4.26. The number of rotatable bonds is 7. The van der Waals surface area contributed by atoms with E-state index in [4.69, 9.17) is 0 Å². The summed E-state index contributed by atoms with van der Waals surface area (Å²) in [6.45, 7) is 0.262. The van der Waals surface area contributed by atoms with Crippen LogP contribution in [0.1, 0.15) is 32.1 Å². The molecular weight excluding hydrogens is 412 g/mol. The van der Waals surface area contributed by atoms with Crippen molar-refractivity contribution >= 4 is 29.6 Å². The molecule has 0 unspecified atom stereocenters. The van der Waals surface area contributed by atoms with E-state index in [9.17, 15) is 29.1 Å². The molecule has 0 aromatic heterocycles. The van der Waals surface area contributed by atoms with Gasteiger partial charge in [0.25, 0.3) is 0 Å². The number of unbranched alkanes of at least 4 members (excludes halogenated alkanes) is 1. The first-order chi connectivity index (χ1) is 15.4. The van der Waals surface area contributed by atoms with E-state index < -0.39 is 23.8 Å². The van der Waals surface area contributed by atoms with Gasteiger partial charge >= 0.3 is 5.97 Å². The van der Waals surface area contributed by atoms with Crippen LogP contribution in [0, 0.1) is 47.3 Å². The highest BCUT2D eigenvalue weighted by Gasteiger charge is 2.61. The lowest BCUT2D eigenvalue weighted by atomic mass is 9.85. The van der Waals surface area contributed by atoms with E-state index in [0.717, 1.165) is 17.7 Å². The summed E-state index contributed by atoms with van der Waals surface area (Å²) in [6, 6.07) is -1.19. The number of nitrogens with zero attached hydrogens (tertiary/aromatic N) is 2. The number of fused-ring (bicyclic) bond motifs is 10. The zero-order valence-electron chi connectivity index (χ0n) is 17.6. The minimum atomic E-state index is -1.19. The molecule has 2 saturated carbocycles. The van der Waals surface area contributed by atoms with Gasteiger partial charge in [0.05, 0.1) is 23.7 Å². The predicted molar refractivity (Wildman–Crippen MR) is 109 cm³/mol. The fourth-order valence-corrected chi connectivity index (χ4v) is 7.39. The van der Waals surface area contributed by atoms with Gasteiger partial charge in [0.15, 0.2) is 0 Å². The third-order valence-electron chi connectivity index (χ3n) is 8.77. The van der Waals surface area contributed by atoms with E-state index in [1.807, 2.05) is 12.2 Å². The molecule has 0 aromatic carbocycles. The highest BCUT2D eigenvalue weighted by Crippen LogP contribution is 2.54. The zero-order valence-corrected chi connectivity index (χ0v) is 17.6. The monoisotopic (exact) mass is 438 g/mol. The summed E-state index contributed by atoms with van der Waals surface area (Å²) in [6.07, 6.45) is 10.8. The number of carbonyl (C=O) groups excluding carboxylic acids is 4. The first-order valence-electron chi connectivity index (χ1n) is 11.7. The van der Waals surface area contributed by atoms with Crippen LogP contribution in [0.25, 0.3) is 0 Å². The van der Waals surface area contributed by atoms with Crippen LogP contribution in [0.15, 0.2) is 24.3 Å². The summed E-state index contributed by atoms with van der Waals surface area (Å²) < 4.78 is 0. The van der Waals surface area contributed by atoms with Crippen LogP contribution in [0.4, 0.5) is 0 Å². The van der Waals surface area contributed by atoms with Gasteiger partial charge in [-0.25, -0.2) is 4.79 Å². The Balaban J connectivity index is 1.08. The third kappa shape index (κ3) is 2.52. The molecule has 1 N–H and O–H groups in total. The lowest BCUT2D eigenvalue weighted by Crippen LogP contribution is -2.46. The molecule has 6 aliphatic rings. The van der Waals surface area contributed by atoms with E-state index in [1.54, 1.807) is 0 Å². The van der Waals surface area contributed by atoms with Crippen LogP contribution in [-0.4, -0.2) is 57.1 Å². The Labute approximate surface area is 185 Å². The molecule has 32 heavy (non-hydrogen) atoms. The van der Waals surface area contributed by atoms with Gasteiger partial charge in [-0.05, 0) is 55.8 Å². The number of aliphatic carboxylic acids is 1. The fourth-order valence-electron chi connectivity index (χ4n) is 7.39. The van der Waals surface area contributed by atoms with Crippen LogP contribution in [0.5, 0.6) is 0 Å². The van der Waals surface area contributed by atoms with Crippen molar-refractivity contribution in [3.63, 3.8) is 0 Å². The van der Waals surface area contributed by atoms with Crippen molar-refractivity contribution in [2.45, 2.75) is 38.1 Å². The Morgan fingerprint density at radius 1 is 0.781 bits per heavy atom. The quantitative estimate of drug-likeness (QED) is 0.363. The van der Waals surface area contributed by atoms with Gasteiger partial charge in [-0.1, -0.05) is 24.3 Å². The molecule has 0 radical (unpaired) electrons. The van der Waals surface area contributed by atoms with Gasteiger partial charge in [0, 0.05) is 6.54 Å². The molecule has 9 atom stereocenters. The maximum Gasteiger partial charge on any atom is 0.326 e. The minimum Gasteiger partial charge on any atom is -0.480 e. The first kappa shape index (κ1) is 19.9. The van der Waals surface area contributed by atoms with E-state index in [0.29, 0.717) is 12.8 Å². The third-order valence-corrected chi connectivity index (χ3v) is 8.77. The maximum atomic E-state index is 12.9. The lowest BCUT2D eigenvalue weighted by Gasteiger charge is -2.25. The molecule has 2 heterocycles. The molecule has 4 aliphatic carbocycles. The van der Waals surface area contributed by atoms with Crippen LogP contribution in [0.2, 0.25) is 0 Å². The number of carboxylic acid groups (broad SMARTS) is 1. The van der Waals surface area contributed by atoms with Crippen LogP contribution in [0.3, 0.4) is 0 Å². The van der Waals surface area contributed by atoms with Gasteiger partial charge < -0.3 is 5.11 Å².